The maximum atomic E-state index is 11.9. The van der Waals surface area contributed by atoms with Crippen molar-refractivity contribution in [1.29, 1.82) is 0 Å². The molecule has 0 heterocycles. The van der Waals surface area contributed by atoms with Crippen LogP contribution in [-0.2, 0) is 11.2 Å². The Balaban J connectivity index is 2.81. The summed E-state index contributed by atoms with van der Waals surface area (Å²) in [4.78, 5) is 11.9. The van der Waals surface area contributed by atoms with Gasteiger partial charge in [-0.15, -0.1) is 0 Å². The predicted octanol–water partition coefficient (Wildman–Crippen LogP) is 4.59. The fraction of sp³-hybridized carbons (Fsp3) is 0.533. The number of hydrogen-bond donors (Lipinski definition) is 0. The number of halogens is 1. The van der Waals surface area contributed by atoms with Gasteiger partial charge in [0, 0.05) is 3.57 Å². The van der Waals surface area contributed by atoms with Gasteiger partial charge in [-0.05, 0) is 60.9 Å². The first-order valence-electron chi connectivity index (χ1n) is 6.54. The molecule has 2 nitrogen and oxygen atoms in total. The molecule has 0 bridgehead atoms. The first-order valence-corrected chi connectivity index (χ1v) is 7.62. The smallest absolute Gasteiger partial charge is 0.339 e. The van der Waals surface area contributed by atoms with Crippen LogP contribution in [0, 0.1) is 3.57 Å². The molecule has 0 atom stereocenters. The highest BCUT2D eigenvalue weighted by Gasteiger charge is 2.14. The number of benzene rings is 1. The average molecular weight is 360 g/mol. The van der Waals surface area contributed by atoms with E-state index in [1.807, 2.05) is 26.0 Å². The molecule has 0 saturated heterocycles. The van der Waals surface area contributed by atoms with E-state index >= 15 is 0 Å². The molecule has 0 aromatic heterocycles. The maximum Gasteiger partial charge on any atom is 0.339 e. The fourth-order valence-electron chi connectivity index (χ4n) is 1.77. The Bertz CT molecular complexity index is 399. The molecule has 0 aliphatic heterocycles. The third-order valence-electron chi connectivity index (χ3n) is 2.69. The van der Waals surface area contributed by atoms with Gasteiger partial charge in [-0.3, -0.25) is 0 Å². The summed E-state index contributed by atoms with van der Waals surface area (Å²) in [5, 5.41) is 0. The Morgan fingerprint density at radius 1 is 1.33 bits per heavy atom. The third kappa shape index (κ3) is 4.59. The highest BCUT2D eigenvalue weighted by molar-refractivity contribution is 14.1. The van der Waals surface area contributed by atoms with Crippen molar-refractivity contribution in [3.05, 3.63) is 32.9 Å². The number of ether oxygens (including phenoxy) is 1. The van der Waals surface area contributed by atoms with E-state index < -0.39 is 0 Å². The normalized spacial score (nSPS) is 10.7. The Morgan fingerprint density at radius 3 is 2.67 bits per heavy atom. The lowest BCUT2D eigenvalue weighted by atomic mass is 10.0. The van der Waals surface area contributed by atoms with Gasteiger partial charge in [0.1, 0.15) is 0 Å². The molecule has 0 unspecified atom stereocenters. The van der Waals surface area contributed by atoms with Gasteiger partial charge in [0.05, 0.1) is 11.7 Å². The topological polar surface area (TPSA) is 26.3 Å². The van der Waals surface area contributed by atoms with Gasteiger partial charge in [0.25, 0.3) is 0 Å². The number of aryl methyl sites for hydroxylation is 1. The SMILES string of the molecule is CCCCCc1cccc(C(=O)OC(C)C)c1I. The average Bonchev–Trinajstić information content (AvgIpc) is 2.30. The summed E-state index contributed by atoms with van der Waals surface area (Å²) in [7, 11) is 0. The minimum Gasteiger partial charge on any atom is -0.459 e. The summed E-state index contributed by atoms with van der Waals surface area (Å²) >= 11 is 2.25. The Kier molecular flexibility index (Phi) is 6.68. The van der Waals surface area contributed by atoms with E-state index in [0.29, 0.717) is 5.56 Å². The second-order valence-electron chi connectivity index (χ2n) is 4.69. The van der Waals surface area contributed by atoms with Gasteiger partial charge in [-0.2, -0.15) is 0 Å². The van der Waals surface area contributed by atoms with Gasteiger partial charge in [0.2, 0.25) is 0 Å². The van der Waals surface area contributed by atoms with Crippen LogP contribution in [0.4, 0.5) is 0 Å². The lowest BCUT2D eigenvalue weighted by molar-refractivity contribution is 0.0376. The monoisotopic (exact) mass is 360 g/mol. The summed E-state index contributed by atoms with van der Waals surface area (Å²) in [6.45, 7) is 5.94. The summed E-state index contributed by atoms with van der Waals surface area (Å²) < 4.78 is 6.29. The van der Waals surface area contributed by atoms with E-state index in [2.05, 4.69) is 35.6 Å². The molecule has 0 aliphatic carbocycles. The standard InChI is InChI=1S/C15H21IO2/c1-4-5-6-8-12-9-7-10-13(14(12)16)15(17)18-11(2)3/h7,9-11H,4-6,8H2,1-3H3. The van der Waals surface area contributed by atoms with E-state index in [0.717, 1.165) is 9.99 Å². The Hall–Kier alpha value is -0.580. The van der Waals surface area contributed by atoms with E-state index in [1.165, 1.54) is 24.8 Å². The second-order valence-corrected chi connectivity index (χ2v) is 5.77. The van der Waals surface area contributed by atoms with Crippen molar-refractivity contribution >= 4 is 28.6 Å². The van der Waals surface area contributed by atoms with Crippen LogP contribution in [0.3, 0.4) is 0 Å². The highest BCUT2D eigenvalue weighted by Crippen LogP contribution is 2.21. The van der Waals surface area contributed by atoms with Crippen molar-refractivity contribution in [2.24, 2.45) is 0 Å². The molecule has 100 valence electrons. The van der Waals surface area contributed by atoms with Gasteiger partial charge >= 0.3 is 5.97 Å². The Morgan fingerprint density at radius 2 is 2.06 bits per heavy atom. The molecule has 18 heavy (non-hydrogen) atoms. The zero-order valence-electron chi connectivity index (χ0n) is 11.3. The van der Waals surface area contributed by atoms with Crippen molar-refractivity contribution in [2.75, 3.05) is 0 Å². The van der Waals surface area contributed by atoms with Crippen molar-refractivity contribution in [1.82, 2.24) is 0 Å². The first kappa shape index (κ1) is 15.5. The summed E-state index contributed by atoms with van der Waals surface area (Å²) in [5.41, 5.74) is 1.94. The quantitative estimate of drug-likeness (QED) is 0.421. The molecule has 0 N–H and O–H groups in total. The molecule has 1 aromatic carbocycles. The predicted molar refractivity (Wildman–Crippen MR) is 82.9 cm³/mol. The van der Waals surface area contributed by atoms with Gasteiger partial charge in [-0.25, -0.2) is 4.79 Å². The molecule has 0 amide bonds. The molecule has 1 rings (SSSR count). The van der Waals surface area contributed by atoms with E-state index in [-0.39, 0.29) is 12.1 Å². The summed E-state index contributed by atoms with van der Waals surface area (Å²) in [5.74, 6) is -0.216. The van der Waals surface area contributed by atoms with Gasteiger partial charge < -0.3 is 4.74 Å². The summed E-state index contributed by atoms with van der Waals surface area (Å²) in [6.07, 6.45) is 4.59. The zero-order chi connectivity index (χ0) is 13.5. The van der Waals surface area contributed by atoms with Gasteiger partial charge in [-0.1, -0.05) is 31.9 Å². The maximum absolute atomic E-state index is 11.9. The molecule has 0 radical (unpaired) electrons. The van der Waals surface area contributed by atoms with Crippen LogP contribution in [0.5, 0.6) is 0 Å². The van der Waals surface area contributed by atoms with Crippen molar-refractivity contribution < 1.29 is 9.53 Å². The number of esters is 1. The van der Waals surface area contributed by atoms with E-state index in [9.17, 15) is 4.79 Å². The van der Waals surface area contributed by atoms with Crippen LogP contribution in [-0.4, -0.2) is 12.1 Å². The number of rotatable bonds is 6. The molecule has 0 aliphatic rings. The number of carbonyl (C=O) groups is 1. The lowest BCUT2D eigenvalue weighted by Crippen LogP contribution is -2.13. The first-order chi connectivity index (χ1) is 8.56. The van der Waals surface area contributed by atoms with Crippen LogP contribution in [0.15, 0.2) is 18.2 Å². The molecule has 0 saturated carbocycles. The largest absolute Gasteiger partial charge is 0.459 e. The molecular formula is C15H21IO2. The second kappa shape index (κ2) is 7.77. The fourth-order valence-corrected chi connectivity index (χ4v) is 2.62. The molecule has 3 heteroatoms. The molecule has 0 spiro atoms. The van der Waals surface area contributed by atoms with E-state index in [1.54, 1.807) is 0 Å². The zero-order valence-corrected chi connectivity index (χ0v) is 13.5. The number of carbonyl (C=O) groups excluding carboxylic acids is 1. The minimum atomic E-state index is -0.216. The highest BCUT2D eigenvalue weighted by atomic mass is 127. The van der Waals surface area contributed by atoms with Crippen LogP contribution in [0.1, 0.15) is 56.0 Å². The van der Waals surface area contributed by atoms with Crippen LogP contribution < -0.4 is 0 Å². The minimum absolute atomic E-state index is 0.0722. The van der Waals surface area contributed by atoms with Crippen LogP contribution >= 0.6 is 22.6 Å². The molecular weight excluding hydrogens is 339 g/mol. The Labute approximate surface area is 123 Å². The van der Waals surface area contributed by atoms with Crippen molar-refractivity contribution in [2.45, 2.75) is 52.6 Å². The molecule has 0 fully saturated rings. The van der Waals surface area contributed by atoms with Gasteiger partial charge in [0.15, 0.2) is 0 Å². The summed E-state index contributed by atoms with van der Waals surface area (Å²) in [6, 6.07) is 5.89. The van der Waals surface area contributed by atoms with E-state index in [4.69, 9.17) is 4.74 Å². The van der Waals surface area contributed by atoms with Crippen molar-refractivity contribution in [3.8, 4) is 0 Å². The number of unbranched alkanes of at least 4 members (excludes halogenated alkanes) is 2. The van der Waals surface area contributed by atoms with Crippen LogP contribution in [0.2, 0.25) is 0 Å². The molecule has 1 aromatic rings. The van der Waals surface area contributed by atoms with Crippen LogP contribution in [0.25, 0.3) is 0 Å². The lowest BCUT2D eigenvalue weighted by Gasteiger charge is -2.11. The number of hydrogen-bond acceptors (Lipinski definition) is 2. The third-order valence-corrected chi connectivity index (χ3v) is 3.96. The van der Waals surface area contributed by atoms with Crippen molar-refractivity contribution in [3.63, 3.8) is 0 Å².